The number of carbonyl (C=O) groups is 1. The minimum atomic E-state index is -4.33. The largest absolute Gasteiger partial charge is 0.472 e. The normalized spacial score (nSPS) is 14.6. The molecule has 0 heterocycles. The van der Waals surface area contributed by atoms with Gasteiger partial charge in [-0.3, -0.25) is 13.8 Å². The lowest BCUT2D eigenvalue weighted by Crippen LogP contribution is -2.46. The molecule has 1 amide bonds. The molecule has 0 rings (SSSR count). The van der Waals surface area contributed by atoms with E-state index in [-0.39, 0.29) is 19.1 Å². The van der Waals surface area contributed by atoms with Gasteiger partial charge in [0, 0.05) is 6.42 Å². The summed E-state index contributed by atoms with van der Waals surface area (Å²) in [6, 6.07) is -0.769. The number of allylic oxidation sites excluding steroid dienone is 16. The van der Waals surface area contributed by atoms with Gasteiger partial charge < -0.3 is 19.8 Å². The van der Waals surface area contributed by atoms with Gasteiger partial charge >= 0.3 is 7.82 Å². The summed E-state index contributed by atoms with van der Waals surface area (Å²) in [5, 5.41) is 14.1. The fourth-order valence-electron chi connectivity index (χ4n) is 8.42. The molecule has 422 valence electrons. The molecule has 0 radical (unpaired) electrons. The second-order valence-corrected chi connectivity index (χ2v) is 22.8. The van der Waals surface area contributed by atoms with Gasteiger partial charge in [0.15, 0.2) is 0 Å². The van der Waals surface area contributed by atoms with Gasteiger partial charge in [-0.25, -0.2) is 4.57 Å². The maximum Gasteiger partial charge on any atom is 0.472 e. The number of unbranched alkanes of at least 4 members (excludes halogenated alkanes) is 25. The van der Waals surface area contributed by atoms with Crippen LogP contribution in [0.15, 0.2) is 97.2 Å². The first-order valence-electron chi connectivity index (χ1n) is 30.1. The van der Waals surface area contributed by atoms with Gasteiger partial charge in [0.25, 0.3) is 0 Å². The van der Waals surface area contributed by atoms with E-state index in [0.29, 0.717) is 23.9 Å². The van der Waals surface area contributed by atoms with Crippen molar-refractivity contribution in [3.8, 4) is 0 Å². The third-order valence-corrected chi connectivity index (χ3v) is 14.1. The lowest BCUT2D eigenvalue weighted by molar-refractivity contribution is -0.870. The third kappa shape index (κ3) is 57.0. The maximum atomic E-state index is 13.0. The van der Waals surface area contributed by atoms with E-state index in [9.17, 15) is 19.4 Å². The summed E-state index contributed by atoms with van der Waals surface area (Å²) in [5.74, 6) is -0.151. The second-order valence-electron chi connectivity index (χ2n) is 21.3. The number of likely N-dealkylation sites (N-methyl/N-ethyl adjacent to an activating group) is 1. The number of hydrogen-bond acceptors (Lipinski definition) is 5. The quantitative estimate of drug-likeness (QED) is 0.0243. The zero-order chi connectivity index (χ0) is 53.5. The molecule has 0 spiro atoms. The van der Waals surface area contributed by atoms with Crippen LogP contribution in [0.1, 0.15) is 251 Å². The van der Waals surface area contributed by atoms with Crippen LogP contribution in [0.25, 0.3) is 0 Å². The van der Waals surface area contributed by atoms with Crippen molar-refractivity contribution in [3.05, 3.63) is 97.2 Å². The zero-order valence-electron chi connectivity index (χ0n) is 48.1. The Kier molecular flexibility index (Phi) is 52.3. The minimum absolute atomic E-state index is 0.0701. The lowest BCUT2D eigenvalue weighted by atomic mass is 10.0. The Labute approximate surface area is 451 Å². The molecule has 0 aliphatic heterocycles. The Morgan fingerprint density at radius 1 is 0.479 bits per heavy atom. The molecule has 0 aromatic rings. The van der Waals surface area contributed by atoms with Crippen LogP contribution in [0.4, 0.5) is 0 Å². The van der Waals surface area contributed by atoms with E-state index in [0.717, 1.165) is 96.3 Å². The molecule has 3 unspecified atom stereocenters. The van der Waals surface area contributed by atoms with E-state index in [1.165, 1.54) is 128 Å². The average Bonchev–Trinajstić information content (AvgIpc) is 3.35. The maximum absolute atomic E-state index is 13.0. The van der Waals surface area contributed by atoms with Gasteiger partial charge in [0.1, 0.15) is 13.2 Å². The van der Waals surface area contributed by atoms with Crippen molar-refractivity contribution in [1.82, 2.24) is 5.32 Å². The summed E-state index contributed by atoms with van der Waals surface area (Å²) in [5.41, 5.74) is 0. The molecule has 8 nitrogen and oxygen atoms in total. The summed E-state index contributed by atoms with van der Waals surface area (Å²) in [6.07, 6.45) is 77.5. The smallest absolute Gasteiger partial charge is 0.391 e. The fourth-order valence-corrected chi connectivity index (χ4v) is 9.15. The minimum Gasteiger partial charge on any atom is -0.391 e. The molecule has 0 aliphatic rings. The lowest BCUT2D eigenvalue weighted by Gasteiger charge is -2.26. The van der Waals surface area contributed by atoms with Crippen molar-refractivity contribution in [2.45, 2.75) is 264 Å². The highest BCUT2D eigenvalue weighted by Crippen LogP contribution is 2.43. The first-order chi connectivity index (χ1) is 35.5. The molecule has 0 aromatic carbocycles. The number of carbonyl (C=O) groups excluding carboxylic acids is 1. The molecule has 3 atom stereocenters. The number of rotatable bonds is 54. The predicted octanol–water partition coefficient (Wildman–Crippen LogP) is 18.6. The molecule has 0 saturated carbocycles. The first-order valence-corrected chi connectivity index (χ1v) is 31.6. The van der Waals surface area contributed by atoms with E-state index in [4.69, 9.17) is 9.05 Å². The summed E-state index contributed by atoms with van der Waals surface area (Å²) in [4.78, 5) is 23.3. The monoisotopic (exact) mass is 1040 g/mol. The van der Waals surface area contributed by atoms with Crippen LogP contribution in [0, 0.1) is 0 Å². The summed E-state index contributed by atoms with van der Waals surface area (Å²) < 4.78 is 23.8. The topological polar surface area (TPSA) is 105 Å². The van der Waals surface area contributed by atoms with Crippen molar-refractivity contribution >= 4 is 13.7 Å². The summed E-state index contributed by atoms with van der Waals surface area (Å²) >= 11 is 0. The van der Waals surface area contributed by atoms with Crippen molar-refractivity contribution in [2.24, 2.45) is 0 Å². The Bertz CT molecular complexity index is 1510. The van der Waals surface area contributed by atoms with Crippen LogP contribution in [0.2, 0.25) is 0 Å². The number of hydrogen-bond donors (Lipinski definition) is 3. The third-order valence-electron chi connectivity index (χ3n) is 13.1. The van der Waals surface area contributed by atoms with Crippen LogP contribution < -0.4 is 5.32 Å². The highest BCUT2D eigenvalue weighted by molar-refractivity contribution is 7.47. The molecule has 0 saturated heterocycles. The number of aliphatic hydroxyl groups is 1. The molecule has 0 fully saturated rings. The van der Waals surface area contributed by atoms with Crippen LogP contribution in [-0.2, 0) is 18.4 Å². The standard InChI is InChI=1S/C64H115N2O6P/c1-6-8-10-12-14-16-18-20-22-24-25-26-27-28-29-30-31-32-33-34-35-36-37-38-39-40-41-42-44-46-48-50-52-54-56-58-64(68)65-62(61-72-73(69,70)71-60-59-66(3,4)5)63(67)57-55-53-51-49-47-45-43-23-21-19-17-15-13-11-9-7-2/h8,10,14,16,20,22,25-26,28-29,31-32,34-35,37-38,62-63,67H,6-7,9,11-13,15,17-19,21,23-24,27,30,33,36,39-61H2,1-5H3,(H-,65,68,69,70)/p+1/b10-8-,16-14-,22-20-,26-25-,29-28-,32-31-,35-34-,38-37-. The molecule has 9 heteroatoms. The fraction of sp³-hybridized carbons (Fsp3) is 0.734. The number of nitrogens with one attached hydrogen (secondary N) is 1. The molecule has 3 N–H and O–H groups in total. The number of phosphoric acid groups is 1. The number of aliphatic hydroxyl groups excluding tert-OH is 1. The van der Waals surface area contributed by atoms with Crippen molar-refractivity contribution < 1.29 is 32.9 Å². The number of amides is 1. The van der Waals surface area contributed by atoms with Gasteiger partial charge in [-0.05, 0) is 77.0 Å². The van der Waals surface area contributed by atoms with Crippen molar-refractivity contribution in [1.29, 1.82) is 0 Å². The van der Waals surface area contributed by atoms with Crippen LogP contribution in [0.3, 0.4) is 0 Å². The molecule has 0 aliphatic carbocycles. The average molecular weight is 1040 g/mol. The number of quaternary nitrogens is 1. The van der Waals surface area contributed by atoms with E-state index in [2.05, 4.69) is 116 Å². The van der Waals surface area contributed by atoms with Gasteiger partial charge in [-0.2, -0.15) is 0 Å². The second kappa shape index (κ2) is 54.2. The molecular weight excluding hydrogens is 924 g/mol. The SMILES string of the molecule is CC/C=C\C/C=C\C/C=C\C/C=C\C/C=C\C/C=C\C/C=C\C/C=C\CCCCCCCCCCCCC(=O)NC(COP(=O)(O)OCC[N+](C)(C)C)C(O)CCCCCCCCCCCCCCCCCC. The molecule has 73 heavy (non-hydrogen) atoms. The van der Waals surface area contributed by atoms with E-state index < -0.39 is 20.0 Å². The van der Waals surface area contributed by atoms with Crippen LogP contribution in [0.5, 0.6) is 0 Å². The molecule has 0 bridgehead atoms. The first kappa shape index (κ1) is 70.4. The van der Waals surface area contributed by atoms with Gasteiger partial charge in [0.05, 0.1) is 39.9 Å². The van der Waals surface area contributed by atoms with Gasteiger partial charge in [0.2, 0.25) is 5.91 Å². The number of nitrogens with zero attached hydrogens (tertiary/aromatic N) is 1. The highest BCUT2D eigenvalue weighted by Gasteiger charge is 2.28. The Morgan fingerprint density at radius 2 is 0.822 bits per heavy atom. The van der Waals surface area contributed by atoms with Gasteiger partial charge in [-0.15, -0.1) is 0 Å². The number of phosphoric ester groups is 1. The van der Waals surface area contributed by atoms with E-state index in [1.54, 1.807) is 0 Å². The van der Waals surface area contributed by atoms with Crippen molar-refractivity contribution in [2.75, 3.05) is 40.9 Å². The van der Waals surface area contributed by atoms with Crippen LogP contribution in [-0.4, -0.2) is 73.4 Å². The Morgan fingerprint density at radius 3 is 1.21 bits per heavy atom. The summed E-state index contributed by atoms with van der Waals surface area (Å²) in [6.45, 7) is 4.78. The predicted molar refractivity (Wildman–Crippen MR) is 318 cm³/mol. The van der Waals surface area contributed by atoms with E-state index >= 15 is 0 Å². The Balaban J connectivity index is 4.12. The Hall–Kier alpha value is -2.58. The van der Waals surface area contributed by atoms with Crippen LogP contribution >= 0.6 is 7.82 Å². The van der Waals surface area contributed by atoms with Gasteiger partial charge in [-0.1, -0.05) is 265 Å². The highest BCUT2D eigenvalue weighted by atomic mass is 31.2. The van der Waals surface area contributed by atoms with E-state index in [1.807, 2.05) is 21.1 Å². The zero-order valence-corrected chi connectivity index (χ0v) is 49.0. The molecular formula is C64H116N2O6P+. The summed E-state index contributed by atoms with van der Waals surface area (Å²) in [7, 11) is 1.61. The van der Waals surface area contributed by atoms with Crippen molar-refractivity contribution in [3.63, 3.8) is 0 Å². The molecule has 0 aromatic heterocycles.